The minimum atomic E-state index is 0.384. The maximum Gasteiger partial charge on any atom is 0.187 e. The van der Waals surface area contributed by atoms with Gasteiger partial charge in [0, 0.05) is 14.9 Å². The van der Waals surface area contributed by atoms with Crippen LogP contribution in [0.3, 0.4) is 0 Å². The Morgan fingerprint density at radius 1 is 1.35 bits per heavy atom. The maximum atomic E-state index is 5.79. The number of anilines is 2. The molecule has 104 valence electrons. The third kappa shape index (κ3) is 2.87. The number of halogens is 1. The summed E-state index contributed by atoms with van der Waals surface area (Å²) in [6, 6.07) is 5.87. The first-order valence-electron chi connectivity index (χ1n) is 6.48. The summed E-state index contributed by atoms with van der Waals surface area (Å²) < 4.78 is 0.962. The van der Waals surface area contributed by atoms with Gasteiger partial charge in [-0.2, -0.15) is 0 Å². The number of fused-ring (bicyclic) bond motifs is 1. The molecule has 20 heavy (non-hydrogen) atoms. The third-order valence-electron chi connectivity index (χ3n) is 3.33. The van der Waals surface area contributed by atoms with Crippen molar-refractivity contribution in [3.63, 3.8) is 0 Å². The Bertz CT molecular complexity index is 643. The summed E-state index contributed by atoms with van der Waals surface area (Å²) in [6.45, 7) is 0. The molecule has 1 aromatic carbocycles. The van der Waals surface area contributed by atoms with Gasteiger partial charge in [0.05, 0.1) is 11.4 Å². The predicted octanol–water partition coefficient (Wildman–Crippen LogP) is 4.16. The van der Waals surface area contributed by atoms with Gasteiger partial charge in [-0.15, -0.1) is 11.3 Å². The highest BCUT2D eigenvalue weighted by atomic mass is 79.9. The van der Waals surface area contributed by atoms with E-state index in [0.717, 1.165) is 33.7 Å². The lowest BCUT2D eigenvalue weighted by molar-refractivity contribution is 0.683. The smallest absolute Gasteiger partial charge is 0.187 e. The molecule has 1 aliphatic rings. The zero-order valence-electron chi connectivity index (χ0n) is 10.8. The van der Waals surface area contributed by atoms with Crippen molar-refractivity contribution >= 4 is 55.3 Å². The number of thiocarbonyl (C=S) groups is 1. The fourth-order valence-electron chi connectivity index (χ4n) is 2.35. The predicted molar refractivity (Wildman–Crippen MR) is 92.1 cm³/mol. The summed E-state index contributed by atoms with van der Waals surface area (Å²) in [4.78, 5) is 6.47. The number of nitrogens with two attached hydrogens (primary N) is 1. The normalized spacial score (nSPS) is 13.8. The van der Waals surface area contributed by atoms with Crippen molar-refractivity contribution in [3.05, 3.63) is 38.8 Å². The molecule has 0 saturated heterocycles. The summed E-state index contributed by atoms with van der Waals surface area (Å²) in [5, 5.41) is 4.28. The molecule has 1 aromatic heterocycles. The fourth-order valence-corrected chi connectivity index (χ4v) is 3.94. The Kier molecular flexibility index (Phi) is 4.05. The SMILES string of the molecule is NC(=S)c1cc(Br)ccc1Nc1nc2c(s1)CCCC2. The standard InChI is InChI=1S/C14H14BrN3S2/c15-8-5-6-10(9(7-8)13(16)19)17-14-18-11-3-1-2-4-12(11)20-14/h5-7H,1-4H2,(H2,16,19)(H,17,18). The Morgan fingerprint density at radius 3 is 2.90 bits per heavy atom. The lowest BCUT2D eigenvalue weighted by Gasteiger charge is -2.09. The van der Waals surface area contributed by atoms with E-state index in [0.29, 0.717) is 4.99 Å². The first kappa shape index (κ1) is 14.0. The van der Waals surface area contributed by atoms with Gasteiger partial charge in [-0.3, -0.25) is 0 Å². The Balaban J connectivity index is 1.91. The van der Waals surface area contributed by atoms with E-state index in [2.05, 4.69) is 26.2 Å². The van der Waals surface area contributed by atoms with Gasteiger partial charge in [-0.25, -0.2) is 4.98 Å². The molecular formula is C14H14BrN3S2. The van der Waals surface area contributed by atoms with Crippen molar-refractivity contribution in [2.24, 2.45) is 5.73 Å². The second-order valence-corrected chi connectivity index (χ2v) is 7.21. The second-order valence-electron chi connectivity index (χ2n) is 4.78. The van der Waals surface area contributed by atoms with Crippen LogP contribution in [-0.4, -0.2) is 9.97 Å². The molecule has 0 unspecified atom stereocenters. The van der Waals surface area contributed by atoms with Crippen molar-refractivity contribution in [1.82, 2.24) is 4.98 Å². The molecule has 1 heterocycles. The molecule has 0 aliphatic heterocycles. The van der Waals surface area contributed by atoms with Gasteiger partial charge in [-0.1, -0.05) is 28.1 Å². The third-order valence-corrected chi connectivity index (χ3v) is 5.12. The molecule has 3 N–H and O–H groups in total. The quantitative estimate of drug-likeness (QED) is 0.799. The van der Waals surface area contributed by atoms with Gasteiger partial charge in [0.2, 0.25) is 0 Å². The number of rotatable bonds is 3. The molecule has 0 bridgehead atoms. The van der Waals surface area contributed by atoms with E-state index < -0.39 is 0 Å². The highest BCUT2D eigenvalue weighted by Gasteiger charge is 2.16. The molecule has 0 saturated carbocycles. The summed E-state index contributed by atoms with van der Waals surface area (Å²) in [5.41, 5.74) is 8.78. The van der Waals surface area contributed by atoms with Gasteiger partial charge in [0.15, 0.2) is 5.13 Å². The minimum absolute atomic E-state index is 0.384. The first-order valence-corrected chi connectivity index (χ1v) is 8.50. The number of nitrogens with one attached hydrogen (secondary N) is 1. The molecule has 0 fully saturated rings. The molecule has 0 radical (unpaired) electrons. The largest absolute Gasteiger partial charge is 0.389 e. The molecular weight excluding hydrogens is 354 g/mol. The number of aromatic nitrogens is 1. The molecule has 1 aliphatic carbocycles. The van der Waals surface area contributed by atoms with Crippen LogP contribution in [0.25, 0.3) is 0 Å². The molecule has 3 rings (SSSR count). The Labute approximate surface area is 135 Å². The van der Waals surface area contributed by atoms with Crippen LogP contribution in [0.15, 0.2) is 22.7 Å². The Hall–Kier alpha value is -0.980. The molecule has 0 atom stereocenters. The summed E-state index contributed by atoms with van der Waals surface area (Å²) in [5.74, 6) is 0. The van der Waals surface area contributed by atoms with E-state index >= 15 is 0 Å². The topological polar surface area (TPSA) is 50.9 Å². The van der Waals surface area contributed by atoms with Crippen LogP contribution in [-0.2, 0) is 12.8 Å². The number of hydrogen-bond donors (Lipinski definition) is 2. The van der Waals surface area contributed by atoms with E-state index in [4.69, 9.17) is 18.0 Å². The van der Waals surface area contributed by atoms with E-state index in [-0.39, 0.29) is 0 Å². The first-order chi connectivity index (χ1) is 9.63. The van der Waals surface area contributed by atoms with Crippen molar-refractivity contribution in [1.29, 1.82) is 0 Å². The number of nitrogens with zero attached hydrogens (tertiary/aromatic N) is 1. The summed E-state index contributed by atoms with van der Waals surface area (Å²) in [6.07, 6.45) is 4.75. The van der Waals surface area contributed by atoms with Gasteiger partial charge in [-0.05, 0) is 43.9 Å². The zero-order chi connectivity index (χ0) is 14.1. The number of benzene rings is 1. The maximum absolute atomic E-state index is 5.79. The van der Waals surface area contributed by atoms with Gasteiger partial charge in [0.25, 0.3) is 0 Å². The van der Waals surface area contributed by atoms with E-state index in [9.17, 15) is 0 Å². The summed E-state index contributed by atoms with van der Waals surface area (Å²) in [7, 11) is 0. The van der Waals surface area contributed by atoms with E-state index in [1.165, 1.54) is 23.4 Å². The lowest BCUT2D eigenvalue weighted by Crippen LogP contribution is -2.11. The van der Waals surface area contributed by atoms with Gasteiger partial charge >= 0.3 is 0 Å². The van der Waals surface area contributed by atoms with Crippen LogP contribution in [0.5, 0.6) is 0 Å². The van der Waals surface area contributed by atoms with Crippen molar-refractivity contribution < 1.29 is 0 Å². The average molecular weight is 368 g/mol. The lowest BCUT2D eigenvalue weighted by atomic mass is 10.0. The minimum Gasteiger partial charge on any atom is -0.389 e. The van der Waals surface area contributed by atoms with Crippen LogP contribution in [0.4, 0.5) is 10.8 Å². The number of thiazole rings is 1. The van der Waals surface area contributed by atoms with Crippen LogP contribution in [0.2, 0.25) is 0 Å². The summed E-state index contributed by atoms with van der Waals surface area (Å²) >= 11 is 10.3. The van der Waals surface area contributed by atoms with Crippen LogP contribution in [0, 0.1) is 0 Å². The van der Waals surface area contributed by atoms with Crippen LogP contribution in [0.1, 0.15) is 29.0 Å². The highest BCUT2D eigenvalue weighted by Crippen LogP contribution is 2.32. The molecule has 0 spiro atoms. The van der Waals surface area contributed by atoms with Crippen LogP contribution >= 0.6 is 39.5 Å². The zero-order valence-corrected chi connectivity index (χ0v) is 14.0. The molecule has 3 nitrogen and oxygen atoms in total. The highest BCUT2D eigenvalue weighted by molar-refractivity contribution is 9.10. The molecule has 2 aromatic rings. The average Bonchev–Trinajstić information content (AvgIpc) is 2.82. The number of aryl methyl sites for hydroxylation is 2. The van der Waals surface area contributed by atoms with Gasteiger partial charge in [0.1, 0.15) is 4.99 Å². The Morgan fingerprint density at radius 2 is 2.15 bits per heavy atom. The van der Waals surface area contributed by atoms with E-state index in [1.54, 1.807) is 11.3 Å². The number of hydrogen-bond acceptors (Lipinski definition) is 4. The van der Waals surface area contributed by atoms with Crippen molar-refractivity contribution in [2.75, 3.05) is 5.32 Å². The molecule has 6 heteroatoms. The fraction of sp³-hybridized carbons (Fsp3) is 0.286. The van der Waals surface area contributed by atoms with Gasteiger partial charge < -0.3 is 11.1 Å². The van der Waals surface area contributed by atoms with Crippen molar-refractivity contribution in [2.45, 2.75) is 25.7 Å². The van der Waals surface area contributed by atoms with E-state index in [1.807, 2.05) is 18.2 Å². The van der Waals surface area contributed by atoms with Crippen LogP contribution < -0.4 is 11.1 Å². The van der Waals surface area contributed by atoms with Crippen molar-refractivity contribution in [3.8, 4) is 0 Å². The second kappa shape index (κ2) is 5.79. The monoisotopic (exact) mass is 367 g/mol. The molecule has 0 amide bonds.